The van der Waals surface area contributed by atoms with Crippen LogP contribution >= 0.6 is 0 Å². The maximum Gasteiger partial charge on any atom is 0.293 e. The van der Waals surface area contributed by atoms with E-state index in [4.69, 9.17) is 0 Å². The van der Waals surface area contributed by atoms with E-state index < -0.39 is 0 Å². The van der Waals surface area contributed by atoms with Gasteiger partial charge in [-0.25, -0.2) is 4.98 Å². The molecule has 0 spiro atoms. The van der Waals surface area contributed by atoms with E-state index in [0.29, 0.717) is 17.8 Å². The number of nitrogens with one attached hydrogen (secondary N) is 1. The van der Waals surface area contributed by atoms with Crippen LogP contribution in [0.25, 0.3) is 0 Å². The lowest BCUT2D eigenvalue weighted by Gasteiger charge is -2.34. The summed E-state index contributed by atoms with van der Waals surface area (Å²) in [6.45, 7) is 7.34. The van der Waals surface area contributed by atoms with E-state index in [1.54, 1.807) is 24.0 Å². The summed E-state index contributed by atoms with van der Waals surface area (Å²) in [5.74, 6) is 1.29. The van der Waals surface area contributed by atoms with Crippen molar-refractivity contribution in [3.8, 4) is 0 Å². The van der Waals surface area contributed by atoms with Gasteiger partial charge in [0.2, 0.25) is 0 Å². The summed E-state index contributed by atoms with van der Waals surface area (Å²) in [4.78, 5) is 18.5. The third-order valence-corrected chi connectivity index (χ3v) is 4.17. The second kappa shape index (κ2) is 6.88. The third-order valence-electron chi connectivity index (χ3n) is 4.17. The number of nitrogens with zero attached hydrogens (tertiary/aromatic N) is 3. The van der Waals surface area contributed by atoms with E-state index >= 15 is 0 Å². The van der Waals surface area contributed by atoms with Crippen LogP contribution in [-0.2, 0) is 7.05 Å². The van der Waals surface area contributed by atoms with Crippen LogP contribution in [0.4, 0.5) is 5.82 Å². The van der Waals surface area contributed by atoms with Crippen molar-refractivity contribution < 1.29 is 0 Å². The van der Waals surface area contributed by atoms with Crippen LogP contribution in [0.1, 0.15) is 33.1 Å². The van der Waals surface area contributed by atoms with Gasteiger partial charge in [-0.3, -0.25) is 4.79 Å². The second-order valence-corrected chi connectivity index (χ2v) is 5.87. The van der Waals surface area contributed by atoms with Crippen LogP contribution in [0.3, 0.4) is 0 Å². The van der Waals surface area contributed by atoms with Crippen molar-refractivity contribution in [2.24, 2.45) is 13.0 Å². The quantitative estimate of drug-likeness (QED) is 0.884. The standard InChI is InChI=1S/C15H26N4O/c1-4-12(2)10-17-13-6-5-8-19(11-13)14-15(20)18(3)9-7-16-14/h7,9,12-13,17H,4-6,8,10-11H2,1-3H3/t12-,13-/m0/s1. The number of aryl methyl sites for hydroxylation is 1. The molecule has 1 aliphatic rings. The highest BCUT2D eigenvalue weighted by atomic mass is 16.1. The topological polar surface area (TPSA) is 50.2 Å². The van der Waals surface area contributed by atoms with E-state index in [2.05, 4.69) is 29.0 Å². The number of rotatable bonds is 5. The second-order valence-electron chi connectivity index (χ2n) is 5.87. The van der Waals surface area contributed by atoms with Gasteiger partial charge in [0.25, 0.3) is 5.56 Å². The molecular weight excluding hydrogens is 252 g/mol. The van der Waals surface area contributed by atoms with Crippen LogP contribution < -0.4 is 15.8 Å². The molecule has 5 heteroatoms. The molecule has 0 unspecified atom stereocenters. The van der Waals surface area contributed by atoms with Crippen LogP contribution in [0.15, 0.2) is 17.2 Å². The molecule has 0 amide bonds. The van der Waals surface area contributed by atoms with Crippen molar-refractivity contribution in [2.75, 3.05) is 24.5 Å². The summed E-state index contributed by atoms with van der Waals surface area (Å²) in [6, 6.07) is 0.462. The molecule has 1 N–H and O–H groups in total. The average Bonchev–Trinajstić information content (AvgIpc) is 2.48. The van der Waals surface area contributed by atoms with Gasteiger partial charge in [0.05, 0.1) is 0 Å². The summed E-state index contributed by atoms with van der Waals surface area (Å²) in [5.41, 5.74) is -0.00456. The molecule has 1 fully saturated rings. The van der Waals surface area contributed by atoms with Crippen molar-refractivity contribution in [1.82, 2.24) is 14.9 Å². The van der Waals surface area contributed by atoms with E-state index in [1.165, 1.54) is 12.8 Å². The molecule has 1 aromatic rings. The van der Waals surface area contributed by atoms with Crippen molar-refractivity contribution >= 4 is 5.82 Å². The largest absolute Gasteiger partial charge is 0.350 e. The summed E-state index contributed by atoms with van der Waals surface area (Å²) in [6.07, 6.45) is 6.89. The zero-order valence-electron chi connectivity index (χ0n) is 12.8. The molecule has 112 valence electrons. The first-order valence-electron chi connectivity index (χ1n) is 7.61. The normalized spacial score (nSPS) is 20.9. The third kappa shape index (κ3) is 3.60. The number of hydrogen-bond donors (Lipinski definition) is 1. The first kappa shape index (κ1) is 15.0. The predicted molar refractivity (Wildman–Crippen MR) is 82.2 cm³/mol. The lowest BCUT2D eigenvalue weighted by molar-refractivity contribution is 0.385. The first-order valence-corrected chi connectivity index (χ1v) is 7.61. The summed E-state index contributed by atoms with van der Waals surface area (Å²) in [5, 5.41) is 3.63. The zero-order valence-corrected chi connectivity index (χ0v) is 12.8. The van der Waals surface area contributed by atoms with Gasteiger partial charge >= 0.3 is 0 Å². The van der Waals surface area contributed by atoms with Gasteiger partial charge in [-0.2, -0.15) is 0 Å². The monoisotopic (exact) mass is 278 g/mol. The van der Waals surface area contributed by atoms with Gasteiger partial charge in [0.1, 0.15) is 0 Å². The summed E-state index contributed by atoms with van der Waals surface area (Å²) >= 11 is 0. The molecular formula is C15H26N4O. The minimum absolute atomic E-state index is 0.00456. The number of aromatic nitrogens is 2. The smallest absolute Gasteiger partial charge is 0.293 e. The van der Waals surface area contributed by atoms with E-state index in [0.717, 1.165) is 26.1 Å². The molecule has 1 saturated heterocycles. The fourth-order valence-electron chi connectivity index (χ4n) is 2.55. The molecule has 0 aliphatic carbocycles. The predicted octanol–water partition coefficient (Wildman–Crippen LogP) is 1.38. The number of hydrogen-bond acceptors (Lipinski definition) is 4. The molecule has 0 radical (unpaired) electrons. The van der Waals surface area contributed by atoms with Gasteiger partial charge in [0, 0.05) is 38.6 Å². The minimum Gasteiger partial charge on any atom is -0.350 e. The Hall–Kier alpha value is -1.36. The van der Waals surface area contributed by atoms with Crippen molar-refractivity contribution in [2.45, 2.75) is 39.2 Å². The van der Waals surface area contributed by atoms with Crippen LogP contribution in [0.2, 0.25) is 0 Å². The summed E-state index contributed by atoms with van der Waals surface area (Å²) < 4.78 is 1.60. The molecule has 2 rings (SSSR count). The maximum atomic E-state index is 12.1. The number of piperidine rings is 1. The van der Waals surface area contributed by atoms with Crippen LogP contribution in [0.5, 0.6) is 0 Å². The molecule has 0 bridgehead atoms. The maximum absolute atomic E-state index is 12.1. The Morgan fingerprint density at radius 3 is 3.10 bits per heavy atom. The molecule has 0 aromatic carbocycles. The molecule has 2 atom stereocenters. The van der Waals surface area contributed by atoms with Crippen LogP contribution in [0, 0.1) is 5.92 Å². The fourth-order valence-corrected chi connectivity index (χ4v) is 2.55. The van der Waals surface area contributed by atoms with Crippen molar-refractivity contribution in [1.29, 1.82) is 0 Å². The SMILES string of the molecule is CC[C@H](C)CN[C@H]1CCCN(c2nccn(C)c2=O)C1. The Balaban J connectivity index is 2.00. The molecule has 20 heavy (non-hydrogen) atoms. The van der Waals surface area contributed by atoms with Crippen molar-refractivity contribution in [3.05, 3.63) is 22.7 Å². The Labute approximate surface area is 121 Å². The number of anilines is 1. The fraction of sp³-hybridized carbons (Fsp3) is 0.733. The average molecular weight is 278 g/mol. The molecule has 5 nitrogen and oxygen atoms in total. The minimum atomic E-state index is -0.00456. The highest BCUT2D eigenvalue weighted by Crippen LogP contribution is 2.14. The molecule has 2 heterocycles. The highest BCUT2D eigenvalue weighted by molar-refractivity contribution is 5.36. The van der Waals surface area contributed by atoms with Crippen LogP contribution in [-0.4, -0.2) is 35.2 Å². The van der Waals surface area contributed by atoms with Gasteiger partial charge in [-0.15, -0.1) is 0 Å². The van der Waals surface area contributed by atoms with Crippen molar-refractivity contribution in [3.63, 3.8) is 0 Å². The van der Waals surface area contributed by atoms with Gasteiger partial charge in [0.15, 0.2) is 5.82 Å². The Kier molecular flexibility index (Phi) is 5.17. The lowest BCUT2D eigenvalue weighted by atomic mass is 10.0. The van der Waals surface area contributed by atoms with Gasteiger partial charge in [-0.05, 0) is 25.3 Å². The van der Waals surface area contributed by atoms with E-state index in [1.807, 2.05) is 0 Å². The zero-order chi connectivity index (χ0) is 14.5. The molecule has 1 aliphatic heterocycles. The Bertz CT molecular complexity index is 485. The van der Waals surface area contributed by atoms with E-state index in [9.17, 15) is 4.79 Å². The molecule has 0 saturated carbocycles. The first-order chi connectivity index (χ1) is 9.61. The van der Waals surface area contributed by atoms with Gasteiger partial charge in [-0.1, -0.05) is 20.3 Å². The molecule has 1 aromatic heterocycles. The Morgan fingerprint density at radius 1 is 1.55 bits per heavy atom. The summed E-state index contributed by atoms with van der Waals surface area (Å²) in [7, 11) is 1.77. The van der Waals surface area contributed by atoms with E-state index in [-0.39, 0.29) is 5.56 Å². The Morgan fingerprint density at radius 2 is 2.35 bits per heavy atom. The highest BCUT2D eigenvalue weighted by Gasteiger charge is 2.22. The lowest BCUT2D eigenvalue weighted by Crippen LogP contribution is -2.48. The van der Waals surface area contributed by atoms with Gasteiger partial charge < -0.3 is 14.8 Å².